The summed E-state index contributed by atoms with van der Waals surface area (Å²) in [5, 5.41) is 2.70. The summed E-state index contributed by atoms with van der Waals surface area (Å²) in [4.78, 5) is 2.53. The highest BCUT2D eigenvalue weighted by atomic mass is 28.3. The zero-order valence-corrected chi connectivity index (χ0v) is 18.7. The Morgan fingerprint density at radius 1 is 0.870 bits per heavy atom. The predicted octanol–water partition coefficient (Wildman–Crippen LogP) is 4.64. The Bertz CT molecular complexity index is 440. The summed E-state index contributed by atoms with van der Waals surface area (Å²) in [5.74, 6) is 0. The number of furan rings is 1. The molecule has 0 atom stereocenters. The molecule has 0 aliphatic rings. The van der Waals surface area contributed by atoms with Crippen LogP contribution in [0, 0.1) is 0 Å². The fourth-order valence-corrected chi connectivity index (χ4v) is 9.29. The van der Waals surface area contributed by atoms with Crippen LogP contribution in [0.3, 0.4) is 0 Å². The summed E-state index contributed by atoms with van der Waals surface area (Å²) in [7, 11) is -2.80. The van der Waals surface area contributed by atoms with Crippen molar-refractivity contribution in [2.45, 2.75) is 78.3 Å². The molecule has 134 valence electrons. The van der Waals surface area contributed by atoms with E-state index in [9.17, 15) is 0 Å². The quantitative estimate of drug-likeness (QED) is 0.539. The van der Waals surface area contributed by atoms with Crippen molar-refractivity contribution in [3.05, 3.63) is 12.1 Å². The Kier molecular flexibility index (Phi) is 8.32. The summed E-state index contributed by atoms with van der Waals surface area (Å²) in [6.07, 6.45) is 1.30. The molecule has 1 heterocycles. The SMILES string of the molecule is CCN(CC)CCC[Si](C)(C)c1ccc([Si](CC)(CC)CC)o1. The first kappa shape index (κ1) is 20.7. The number of hydrogen-bond donors (Lipinski definition) is 0. The first-order valence-corrected chi connectivity index (χ1v) is 15.5. The summed E-state index contributed by atoms with van der Waals surface area (Å²) in [6.45, 7) is 20.1. The second-order valence-corrected chi connectivity index (χ2v) is 17.5. The highest BCUT2D eigenvalue weighted by molar-refractivity contribution is 6.92. The van der Waals surface area contributed by atoms with Gasteiger partial charge in [0.2, 0.25) is 0 Å². The van der Waals surface area contributed by atoms with E-state index in [1.807, 2.05) is 0 Å². The maximum atomic E-state index is 6.51. The van der Waals surface area contributed by atoms with Crippen LogP contribution < -0.4 is 10.8 Å². The first-order chi connectivity index (χ1) is 10.9. The molecular weight excluding hydrogens is 314 g/mol. The molecule has 1 rings (SSSR count). The third kappa shape index (κ3) is 5.07. The van der Waals surface area contributed by atoms with Gasteiger partial charge in [-0.1, -0.05) is 65.8 Å². The lowest BCUT2D eigenvalue weighted by atomic mass is 10.4. The van der Waals surface area contributed by atoms with E-state index in [0.29, 0.717) is 0 Å². The van der Waals surface area contributed by atoms with Crippen molar-refractivity contribution < 1.29 is 4.42 Å². The third-order valence-corrected chi connectivity index (χ3v) is 14.6. The third-order valence-electron chi connectivity index (χ3n) is 6.00. The van der Waals surface area contributed by atoms with Gasteiger partial charge in [-0.15, -0.1) is 0 Å². The summed E-state index contributed by atoms with van der Waals surface area (Å²) in [6, 6.07) is 9.89. The Morgan fingerprint density at radius 3 is 1.87 bits per heavy atom. The van der Waals surface area contributed by atoms with E-state index in [-0.39, 0.29) is 0 Å². The minimum Gasteiger partial charge on any atom is -0.476 e. The van der Waals surface area contributed by atoms with Crippen molar-refractivity contribution in [3.8, 4) is 0 Å². The molecule has 0 N–H and O–H groups in total. The van der Waals surface area contributed by atoms with Gasteiger partial charge in [0.25, 0.3) is 0 Å². The lowest BCUT2D eigenvalue weighted by Crippen LogP contribution is -2.47. The van der Waals surface area contributed by atoms with E-state index >= 15 is 0 Å². The van der Waals surface area contributed by atoms with Gasteiger partial charge in [0, 0.05) is 0 Å². The monoisotopic (exact) mass is 353 g/mol. The molecule has 1 aromatic rings. The highest BCUT2D eigenvalue weighted by Crippen LogP contribution is 2.21. The average Bonchev–Trinajstić information content (AvgIpc) is 3.05. The largest absolute Gasteiger partial charge is 0.476 e. The van der Waals surface area contributed by atoms with Crippen LogP contribution >= 0.6 is 0 Å². The molecule has 4 heteroatoms. The number of rotatable bonds is 11. The minimum atomic E-state index is -1.44. The van der Waals surface area contributed by atoms with Crippen LogP contribution in [-0.2, 0) is 0 Å². The topological polar surface area (TPSA) is 16.4 Å². The molecular formula is C19H39NOSi2. The maximum absolute atomic E-state index is 6.51. The van der Waals surface area contributed by atoms with E-state index in [4.69, 9.17) is 4.42 Å². The van der Waals surface area contributed by atoms with Crippen LogP contribution in [0.25, 0.3) is 0 Å². The van der Waals surface area contributed by atoms with Gasteiger partial charge in [-0.2, -0.15) is 0 Å². The van der Waals surface area contributed by atoms with Gasteiger partial charge in [0.15, 0.2) is 0 Å². The zero-order chi connectivity index (χ0) is 17.5. The van der Waals surface area contributed by atoms with Crippen LogP contribution in [0.4, 0.5) is 0 Å². The zero-order valence-electron chi connectivity index (χ0n) is 16.7. The van der Waals surface area contributed by atoms with Gasteiger partial charge in [-0.05, 0) is 44.2 Å². The Hall–Kier alpha value is -0.326. The van der Waals surface area contributed by atoms with Gasteiger partial charge < -0.3 is 9.32 Å². The summed E-state index contributed by atoms with van der Waals surface area (Å²) in [5.41, 5.74) is 0. The van der Waals surface area contributed by atoms with E-state index in [1.165, 1.54) is 61.0 Å². The maximum Gasteiger partial charge on any atom is 0.131 e. The molecule has 1 aromatic heterocycles. The molecule has 0 aliphatic heterocycles. The average molecular weight is 354 g/mol. The Labute approximate surface area is 146 Å². The molecule has 0 aromatic carbocycles. The van der Waals surface area contributed by atoms with Crippen LogP contribution in [-0.4, -0.2) is 40.7 Å². The molecule has 0 bridgehead atoms. The second kappa shape index (κ2) is 9.23. The Balaban J connectivity index is 2.78. The fourth-order valence-electron chi connectivity index (χ4n) is 3.67. The van der Waals surface area contributed by atoms with E-state index in [2.05, 4.69) is 64.7 Å². The van der Waals surface area contributed by atoms with Gasteiger partial charge in [0.05, 0.1) is 10.8 Å². The van der Waals surface area contributed by atoms with Crippen LogP contribution in [0.2, 0.25) is 37.3 Å². The molecule has 0 saturated carbocycles. The summed E-state index contributed by atoms with van der Waals surface area (Å²) >= 11 is 0. The normalized spacial score (nSPS) is 13.0. The lowest BCUT2D eigenvalue weighted by molar-refractivity contribution is 0.304. The minimum absolute atomic E-state index is 1.17. The molecule has 0 radical (unpaired) electrons. The van der Waals surface area contributed by atoms with Crippen molar-refractivity contribution in [3.63, 3.8) is 0 Å². The molecule has 0 aliphatic carbocycles. The van der Waals surface area contributed by atoms with Gasteiger partial charge >= 0.3 is 0 Å². The van der Waals surface area contributed by atoms with E-state index < -0.39 is 16.1 Å². The van der Waals surface area contributed by atoms with Crippen LogP contribution in [0.15, 0.2) is 16.5 Å². The first-order valence-electron chi connectivity index (χ1n) is 9.72. The standard InChI is InChI=1S/C19H39NOSi2/c1-8-20(9-2)16-13-17-22(6,7)18-14-15-19(21-18)23(10-3,11-4)12-5/h14-15H,8-13,16-17H2,1-7H3. The molecule has 23 heavy (non-hydrogen) atoms. The smallest absolute Gasteiger partial charge is 0.131 e. The van der Waals surface area contributed by atoms with Crippen LogP contribution in [0.1, 0.15) is 41.0 Å². The van der Waals surface area contributed by atoms with Crippen molar-refractivity contribution >= 4 is 26.9 Å². The molecule has 0 saturated heterocycles. The molecule has 0 unspecified atom stereocenters. The number of nitrogens with zero attached hydrogens (tertiary/aromatic N) is 1. The fraction of sp³-hybridized carbons (Fsp3) is 0.789. The van der Waals surface area contributed by atoms with Crippen molar-refractivity contribution in [2.75, 3.05) is 19.6 Å². The lowest BCUT2D eigenvalue weighted by Gasteiger charge is -2.26. The van der Waals surface area contributed by atoms with Gasteiger partial charge in [0.1, 0.15) is 16.1 Å². The van der Waals surface area contributed by atoms with E-state index in [1.54, 1.807) is 0 Å². The van der Waals surface area contributed by atoms with E-state index in [0.717, 1.165) is 0 Å². The van der Waals surface area contributed by atoms with Crippen LogP contribution in [0.5, 0.6) is 0 Å². The number of hydrogen-bond acceptors (Lipinski definition) is 2. The predicted molar refractivity (Wildman–Crippen MR) is 110 cm³/mol. The molecule has 2 nitrogen and oxygen atoms in total. The second-order valence-electron chi connectivity index (χ2n) is 7.52. The molecule has 0 spiro atoms. The Morgan fingerprint density at radius 2 is 1.39 bits per heavy atom. The van der Waals surface area contributed by atoms with Crippen molar-refractivity contribution in [1.82, 2.24) is 4.90 Å². The highest BCUT2D eigenvalue weighted by Gasteiger charge is 2.35. The summed E-state index contributed by atoms with van der Waals surface area (Å²) < 4.78 is 6.51. The van der Waals surface area contributed by atoms with Gasteiger partial charge in [-0.3, -0.25) is 0 Å². The van der Waals surface area contributed by atoms with Gasteiger partial charge in [-0.25, -0.2) is 0 Å². The van der Waals surface area contributed by atoms with Crippen molar-refractivity contribution in [2.24, 2.45) is 0 Å². The molecule has 0 fully saturated rings. The van der Waals surface area contributed by atoms with Crippen molar-refractivity contribution in [1.29, 1.82) is 0 Å². The molecule has 0 amide bonds.